The molecule has 0 saturated carbocycles. The van der Waals surface area contributed by atoms with E-state index in [4.69, 9.17) is 0 Å². The number of piperidine rings is 1. The molecule has 0 aromatic heterocycles. The summed E-state index contributed by atoms with van der Waals surface area (Å²) in [5, 5.41) is 0. The third-order valence-corrected chi connectivity index (χ3v) is 8.56. The highest BCUT2D eigenvalue weighted by molar-refractivity contribution is 7.88. The van der Waals surface area contributed by atoms with E-state index in [-0.39, 0.29) is 17.6 Å². The van der Waals surface area contributed by atoms with Crippen LogP contribution in [0, 0.1) is 13.8 Å². The zero-order valence-electron chi connectivity index (χ0n) is 20.1. The quantitative estimate of drug-likeness (QED) is 0.393. The highest BCUT2D eigenvalue weighted by atomic mass is 32.2. The van der Waals surface area contributed by atoms with Crippen LogP contribution in [-0.4, -0.2) is 37.8 Å². The number of benzene rings is 2. The van der Waals surface area contributed by atoms with Gasteiger partial charge in [0.15, 0.2) is 0 Å². The number of likely N-dealkylation sites (tertiary alicyclic amines) is 1. The molecular formula is C26H30F3NO4S. The largest absolute Gasteiger partial charge is 0.534 e. The number of fused-ring (bicyclic) bond motifs is 1. The number of amides is 1. The summed E-state index contributed by atoms with van der Waals surface area (Å²) in [6.45, 7) is 7.26. The fourth-order valence-corrected chi connectivity index (χ4v) is 6.00. The summed E-state index contributed by atoms with van der Waals surface area (Å²) < 4.78 is 66.7. The van der Waals surface area contributed by atoms with Crippen LogP contribution in [0.15, 0.2) is 30.3 Å². The van der Waals surface area contributed by atoms with Crippen LogP contribution in [0.3, 0.4) is 0 Å². The second-order valence-corrected chi connectivity index (χ2v) is 11.1. The van der Waals surface area contributed by atoms with Crippen LogP contribution < -0.4 is 4.18 Å². The molecule has 1 aliphatic carbocycles. The Labute approximate surface area is 204 Å². The fraction of sp³-hybridized carbons (Fsp3) is 0.500. The lowest BCUT2D eigenvalue weighted by molar-refractivity contribution is -0.129. The predicted molar refractivity (Wildman–Crippen MR) is 127 cm³/mol. The molecule has 1 saturated heterocycles. The van der Waals surface area contributed by atoms with Crippen molar-refractivity contribution in [3.63, 3.8) is 0 Å². The van der Waals surface area contributed by atoms with Crippen LogP contribution >= 0.6 is 0 Å². The summed E-state index contributed by atoms with van der Waals surface area (Å²) in [7, 11) is -5.74. The molecule has 1 atom stereocenters. The second kappa shape index (κ2) is 9.48. The Morgan fingerprint density at radius 1 is 1.06 bits per heavy atom. The summed E-state index contributed by atoms with van der Waals surface area (Å²) in [6, 6.07) is 8.87. The van der Waals surface area contributed by atoms with Crippen molar-refractivity contribution >= 4 is 16.0 Å². The molecule has 0 N–H and O–H groups in total. The molecule has 2 aliphatic rings. The summed E-state index contributed by atoms with van der Waals surface area (Å²) in [4.78, 5) is 13.5. The minimum Gasteiger partial charge on any atom is -0.376 e. The lowest BCUT2D eigenvalue weighted by Gasteiger charge is -2.32. The zero-order valence-corrected chi connectivity index (χ0v) is 20.9. The molecule has 1 unspecified atom stereocenters. The maximum Gasteiger partial charge on any atom is 0.534 e. The molecule has 1 fully saturated rings. The van der Waals surface area contributed by atoms with Crippen molar-refractivity contribution < 1.29 is 30.6 Å². The van der Waals surface area contributed by atoms with Gasteiger partial charge in [-0.15, -0.1) is 0 Å². The molecule has 0 spiro atoms. The van der Waals surface area contributed by atoms with E-state index in [2.05, 4.69) is 30.2 Å². The Morgan fingerprint density at radius 3 is 2.37 bits per heavy atom. The standard InChI is InChI=1S/C26H30F3NO4S/c1-16-17(2)23(19-11-13-30(14-12-19)18(3)31)10-9-21(16)15-22-8-7-20-5-4-6-24(25(20)22)34-35(32,33)26(27,28)29/h4-6,9-10,19,22H,7-8,11-15H2,1-3H3. The van der Waals surface area contributed by atoms with Crippen molar-refractivity contribution in [3.05, 3.63) is 63.7 Å². The first-order chi connectivity index (χ1) is 16.4. The predicted octanol–water partition coefficient (Wildman–Crippen LogP) is 5.53. The Hall–Kier alpha value is -2.55. The van der Waals surface area contributed by atoms with Crippen LogP contribution in [0.4, 0.5) is 13.2 Å². The molecule has 2 aromatic rings. The van der Waals surface area contributed by atoms with Crippen LogP contribution in [0.25, 0.3) is 0 Å². The van der Waals surface area contributed by atoms with E-state index < -0.39 is 15.6 Å². The van der Waals surface area contributed by atoms with Gasteiger partial charge in [0.25, 0.3) is 0 Å². The number of nitrogens with zero attached hydrogens (tertiary/aromatic N) is 1. The Balaban J connectivity index is 1.56. The van der Waals surface area contributed by atoms with Crippen LogP contribution in [0.5, 0.6) is 5.75 Å². The molecule has 35 heavy (non-hydrogen) atoms. The molecule has 0 radical (unpaired) electrons. The number of halogens is 3. The van der Waals surface area contributed by atoms with E-state index in [1.54, 1.807) is 6.92 Å². The van der Waals surface area contributed by atoms with Gasteiger partial charge in [-0.1, -0.05) is 24.3 Å². The summed E-state index contributed by atoms with van der Waals surface area (Å²) in [5.74, 6) is 0.131. The molecule has 1 heterocycles. The van der Waals surface area contributed by atoms with Gasteiger partial charge in [-0.2, -0.15) is 21.6 Å². The SMILES string of the molecule is CC(=O)N1CCC(c2ccc(CC3CCc4cccc(OS(=O)(=O)C(F)(F)F)c43)c(C)c2C)CC1. The first kappa shape index (κ1) is 25.5. The second-order valence-electron chi connectivity index (χ2n) is 9.60. The highest BCUT2D eigenvalue weighted by Gasteiger charge is 2.49. The molecule has 4 rings (SSSR count). The van der Waals surface area contributed by atoms with Gasteiger partial charge in [0.2, 0.25) is 5.91 Å². The highest BCUT2D eigenvalue weighted by Crippen LogP contribution is 2.43. The van der Waals surface area contributed by atoms with Gasteiger partial charge >= 0.3 is 15.6 Å². The Morgan fingerprint density at radius 2 is 1.74 bits per heavy atom. The van der Waals surface area contributed by atoms with Crippen molar-refractivity contribution in [1.29, 1.82) is 0 Å². The van der Waals surface area contributed by atoms with E-state index in [9.17, 15) is 26.4 Å². The zero-order chi connectivity index (χ0) is 25.5. The Bertz CT molecular complexity index is 1230. The van der Waals surface area contributed by atoms with Crippen molar-refractivity contribution in [3.8, 4) is 5.75 Å². The molecule has 190 valence electrons. The third kappa shape index (κ3) is 5.06. The normalized spacial score (nSPS) is 19.0. The Kier molecular flexibility index (Phi) is 6.92. The topological polar surface area (TPSA) is 63.7 Å². The first-order valence-corrected chi connectivity index (χ1v) is 13.3. The van der Waals surface area contributed by atoms with Crippen molar-refractivity contribution in [2.45, 2.75) is 70.2 Å². The van der Waals surface area contributed by atoms with E-state index >= 15 is 0 Å². The smallest absolute Gasteiger partial charge is 0.376 e. The summed E-state index contributed by atoms with van der Waals surface area (Å²) >= 11 is 0. The number of carbonyl (C=O) groups excluding carboxylic acids is 1. The van der Waals surface area contributed by atoms with Gasteiger partial charge in [-0.05, 0) is 91.7 Å². The average molecular weight is 510 g/mol. The molecule has 5 nitrogen and oxygen atoms in total. The monoisotopic (exact) mass is 509 g/mol. The van der Waals surface area contributed by atoms with Crippen LogP contribution in [0.1, 0.15) is 71.4 Å². The number of carbonyl (C=O) groups is 1. The van der Waals surface area contributed by atoms with Gasteiger partial charge in [0.1, 0.15) is 5.75 Å². The van der Waals surface area contributed by atoms with Gasteiger partial charge in [-0.3, -0.25) is 4.79 Å². The maximum atomic E-state index is 12.9. The molecule has 0 bridgehead atoms. The minimum atomic E-state index is -5.74. The van der Waals surface area contributed by atoms with E-state index in [1.807, 2.05) is 11.0 Å². The van der Waals surface area contributed by atoms with Crippen LogP contribution in [-0.2, 0) is 27.8 Å². The van der Waals surface area contributed by atoms with E-state index in [0.717, 1.165) is 42.6 Å². The summed E-state index contributed by atoms with van der Waals surface area (Å²) in [5.41, 5.74) is 0.623. The van der Waals surface area contributed by atoms with Crippen molar-refractivity contribution in [1.82, 2.24) is 4.90 Å². The van der Waals surface area contributed by atoms with Gasteiger partial charge < -0.3 is 9.08 Å². The molecule has 2 aromatic carbocycles. The molecule has 1 amide bonds. The number of alkyl halides is 3. The maximum absolute atomic E-state index is 12.9. The number of rotatable bonds is 5. The molecule has 9 heteroatoms. The summed E-state index contributed by atoms with van der Waals surface area (Å²) in [6.07, 6.45) is 3.81. The lowest BCUT2D eigenvalue weighted by atomic mass is 9.82. The van der Waals surface area contributed by atoms with Gasteiger partial charge in [0.05, 0.1) is 0 Å². The van der Waals surface area contributed by atoms with Gasteiger partial charge in [-0.25, -0.2) is 0 Å². The van der Waals surface area contributed by atoms with Crippen LogP contribution in [0.2, 0.25) is 0 Å². The van der Waals surface area contributed by atoms with Crippen molar-refractivity contribution in [2.75, 3.05) is 13.1 Å². The third-order valence-electron chi connectivity index (χ3n) is 7.60. The number of aryl methyl sites for hydroxylation is 1. The van der Waals surface area contributed by atoms with E-state index in [0.29, 0.717) is 30.7 Å². The molecule has 1 aliphatic heterocycles. The minimum absolute atomic E-state index is 0.106. The fourth-order valence-electron chi connectivity index (χ4n) is 5.52. The first-order valence-electron chi connectivity index (χ1n) is 11.9. The van der Waals surface area contributed by atoms with Gasteiger partial charge in [0, 0.05) is 25.6 Å². The van der Waals surface area contributed by atoms with Crippen molar-refractivity contribution in [2.24, 2.45) is 0 Å². The molecular weight excluding hydrogens is 479 g/mol. The lowest BCUT2D eigenvalue weighted by Crippen LogP contribution is -2.36. The average Bonchev–Trinajstić information content (AvgIpc) is 3.20. The number of hydrogen-bond donors (Lipinski definition) is 0. The number of hydrogen-bond acceptors (Lipinski definition) is 4. The van der Waals surface area contributed by atoms with E-state index in [1.165, 1.54) is 23.3 Å².